The molecule has 7 nitrogen and oxygen atoms in total. The second kappa shape index (κ2) is 12.1. The highest BCUT2D eigenvalue weighted by Gasteiger charge is 2.43. The molecule has 5 rings (SSSR count). The number of carbonyl (C=O) groups is 2. The lowest BCUT2D eigenvalue weighted by molar-refractivity contribution is 0.0526. The molecule has 40 heavy (non-hydrogen) atoms. The Bertz CT molecular complexity index is 1590. The number of ether oxygens (including phenoxy) is 2. The summed E-state index contributed by atoms with van der Waals surface area (Å²) in [5, 5.41) is 0.387. The van der Waals surface area contributed by atoms with E-state index in [1.807, 2.05) is 24.3 Å². The average Bonchev–Trinajstić information content (AvgIpc) is 3.26. The fraction of sp³-hybridized carbons (Fsp3) is 0.281. The molecule has 1 aliphatic heterocycles. The van der Waals surface area contributed by atoms with E-state index in [4.69, 9.17) is 13.9 Å². The Hall–Kier alpha value is -3.91. The van der Waals surface area contributed by atoms with Gasteiger partial charge in [-0.1, -0.05) is 54.2 Å². The fourth-order valence-corrected chi connectivity index (χ4v) is 5.33. The second-order valence-corrected chi connectivity index (χ2v) is 10.6. The Balaban J connectivity index is 1.55. The van der Waals surface area contributed by atoms with E-state index >= 15 is 0 Å². The molecular weight excluding hydrogens is 574 g/mol. The first kappa shape index (κ1) is 27.6. The molecule has 1 amide bonds. The van der Waals surface area contributed by atoms with Crippen molar-refractivity contribution in [1.82, 2.24) is 0 Å². The van der Waals surface area contributed by atoms with Gasteiger partial charge in [0.25, 0.3) is 5.91 Å². The van der Waals surface area contributed by atoms with Crippen LogP contribution in [0.3, 0.4) is 0 Å². The average molecular weight is 604 g/mol. The number of benzene rings is 3. The fourth-order valence-electron chi connectivity index (χ4n) is 4.96. The smallest absolute Gasteiger partial charge is 0.338 e. The zero-order valence-corrected chi connectivity index (χ0v) is 24.0. The van der Waals surface area contributed by atoms with Crippen LogP contribution >= 0.6 is 15.9 Å². The molecule has 8 heteroatoms. The van der Waals surface area contributed by atoms with Gasteiger partial charge in [0.05, 0.1) is 35.8 Å². The number of nitrogens with zero attached hydrogens (tertiary/aromatic N) is 1. The van der Waals surface area contributed by atoms with Gasteiger partial charge in [-0.25, -0.2) is 4.79 Å². The van der Waals surface area contributed by atoms with Crippen molar-refractivity contribution in [2.45, 2.75) is 45.6 Å². The van der Waals surface area contributed by atoms with Crippen molar-refractivity contribution in [3.63, 3.8) is 0 Å². The van der Waals surface area contributed by atoms with Crippen molar-refractivity contribution in [3.05, 3.63) is 104 Å². The van der Waals surface area contributed by atoms with Gasteiger partial charge in [-0.2, -0.15) is 0 Å². The summed E-state index contributed by atoms with van der Waals surface area (Å²) in [6.07, 6.45) is 4.46. The summed E-state index contributed by atoms with van der Waals surface area (Å²) in [5.41, 5.74) is 1.98. The molecule has 206 valence electrons. The normalized spacial score (nSPS) is 14.4. The van der Waals surface area contributed by atoms with E-state index in [2.05, 4.69) is 22.9 Å². The lowest BCUT2D eigenvalue weighted by Crippen LogP contribution is -2.29. The first-order valence-corrected chi connectivity index (χ1v) is 14.3. The van der Waals surface area contributed by atoms with Gasteiger partial charge < -0.3 is 13.9 Å². The van der Waals surface area contributed by atoms with Crippen molar-refractivity contribution >= 4 is 44.5 Å². The van der Waals surface area contributed by atoms with E-state index in [1.54, 1.807) is 54.3 Å². The number of hydrogen-bond donors (Lipinski definition) is 0. The zero-order chi connectivity index (χ0) is 28.2. The van der Waals surface area contributed by atoms with Gasteiger partial charge in [-0.15, -0.1) is 0 Å². The van der Waals surface area contributed by atoms with E-state index in [0.717, 1.165) is 28.6 Å². The van der Waals surface area contributed by atoms with Gasteiger partial charge >= 0.3 is 5.97 Å². The largest absolute Gasteiger partial charge is 0.494 e. The molecule has 0 radical (unpaired) electrons. The summed E-state index contributed by atoms with van der Waals surface area (Å²) in [7, 11) is 0. The number of amides is 1. The topological polar surface area (TPSA) is 86.0 Å². The summed E-state index contributed by atoms with van der Waals surface area (Å²) >= 11 is 3.43. The lowest BCUT2D eigenvalue weighted by Gasteiger charge is -2.25. The molecule has 0 N–H and O–H groups in total. The van der Waals surface area contributed by atoms with Gasteiger partial charge in [-0.3, -0.25) is 14.5 Å². The molecule has 0 spiro atoms. The van der Waals surface area contributed by atoms with Gasteiger partial charge in [-0.05, 0) is 73.5 Å². The van der Waals surface area contributed by atoms with Gasteiger partial charge in [0.2, 0.25) is 5.76 Å². The maximum absolute atomic E-state index is 13.8. The van der Waals surface area contributed by atoms with Crippen LogP contribution in [0.2, 0.25) is 0 Å². The van der Waals surface area contributed by atoms with Crippen LogP contribution in [0.4, 0.5) is 5.69 Å². The van der Waals surface area contributed by atoms with Gasteiger partial charge in [0.15, 0.2) is 5.43 Å². The van der Waals surface area contributed by atoms with Crippen molar-refractivity contribution in [1.29, 1.82) is 0 Å². The molecule has 4 aromatic rings. The molecule has 0 aliphatic carbocycles. The zero-order valence-electron chi connectivity index (χ0n) is 22.4. The van der Waals surface area contributed by atoms with Crippen molar-refractivity contribution in [3.8, 4) is 5.75 Å². The van der Waals surface area contributed by atoms with Gasteiger partial charge in [0.1, 0.15) is 11.3 Å². The van der Waals surface area contributed by atoms with Crippen molar-refractivity contribution in [2.75, 3.05) is 18.1 Å². The Labute approximate surface area is 240 Å². The number of halogens is 1. The van der Waals surface area contributed by atoms with Crippen LogP contribution in [0.25, 0.3) is 11.0 Å². The minimum absolute atomic E-state index is 0.00976. The van der Waals surface area contributed by atoms with Crippen LogP contribution in [-0.2, 0) is 4.74 Å². The first-order valence-electron chi connectivity index (χ1n) is 13.5. The number of carbonyl (C=O) groups excluding carboxylic acids is 2. The van der Waals surface area contributed by atoms with Crippen LogP contribution in [0.1, 0.15) is 77.6 Å². The lowest BCUT2D eigenvalue weighted by atomic mass is 9.98. The van der Waals surface area contributed by atoms with Crippen molar-refractivity contribution in [2.24, 2.45) is 0 Å². The molecule has 1 unspecified atom stereocenters. The Morgan fingerprint density at radius 1 is 0.950 bits per heavy atom. The van der Waals surface area contributed by atoms with Crippen LogP contribution in [0, 0.1) is 0 Å². The van der Waals surface area contributed by atoms with Crippen LogP contribution in [0.15, 0.2) is 80.4 Å². The quantitative estimate of drug-likeness (QED) is 0.138. The summed E-state index contributed by atoms with van der Waals surface area (Å²) in [6, 6.07) is 18.5. The molecule has 3 aromatic carbocycles. The molecule has 1 aliphatic rings. The number of unbranched alkanes of at least 4 members (excludes halogenated alkanes) is 3. The summed E-state index contributed by atoms with van der Waals surface area (Å²) in [5.74, 6) is -0.136. The van der Waals surface area contributed by atoms with E-state index < -0.39 is 17.9 Å². The predicted molar refractivity (Wildman–Crippen MR) is 157 cm³/mol. The highest BCUT2D eigenvalue weighted by atomic mass is 79.9. The summed E-state index contributed by atoms with van der Waals surface area (Å²) in [6.45, 7) is 4.81. The van der Waals surface area contributed by atoms with Crippen LogP contribution < -0.4 is 15.1 Å². The number of anilines is 1. The number of hydrogen-bond acceptors (Lipinski definition) is 6. The maximum Gasteiger partial charge on any atom is 0.338 e. The molecule has 0 fully saturated rings. The SMILES string of the molecule is CCCCCCOc1ccc(C2c3c(oc4ccc(Br)cc4c3=O)C(=O)N2c2ccc(C(=O)OCC)cc2)cc1. The standard InChI is InChI=1S/C32H30BrNO6/c1-3-5-6-7-18-39-24-15-10-20(11-16-24)28-27-29(35)25-19-22(33)12-17-26(25)40-30(27)31(36)34(28)23-13-8-21(9-14-23)32(37)38-4-2/h8-17,19,28H,3-7,18H2,1-2H3. The van der Waals surface area contributed by atoms with Crippen LogP contribution in [0.5, 0.6) is 5.75 Å². The molecular formula is C32H30BrNO6. The third-order valence-electron chi connectivity index (χ3n) is 6.95. The number of fused-ring (bicyclic) bond motifs is 2. The second-order valence-electron chi connectivity index (χ2n) is 9.64. The Kier molecular flexibility index (Phi) is 8.35. The Morgan fingerprint density at radius 3 is 2.40 bits per heavy atom. The third-order valence-corrected chi connectivity index (χ3v) is 7.44. The van der Waals surface area contributed by atoms with Gasteiger partial charge in [0, 0.05) is 10.2 Å². The minimum Gasteiger partial charge on any atom is -0.494 e. The molecule has 0 saturated carbocycles. The highest BCUT2D eigenvalue weighted by Crippen LogP contribution is 2.41. The molecule has 1 atom stereocenters. The molecule has 1 aromatic heterocycles. The monoisotopic (exact) mass is 603 g/mol. The van der Waals surface area contributed by atoms with E-state index in [1.165, 1.54) is 12.8 Å². The molecule has 0 bridgehead atoms. The van der Waals surface area contributed by atoms with E-state index in [9.17, 15) is 14.4 Å². The summed E-state index contributed by atoms with van der Waals surface area (Å²) < 4.78 is 17.8. The number of rotatable bonds is 10. The van der Waals surface area contributed by atoms with Crippen LogP contribution in [-0.4, -0.2) is 25.1 Å². The summed E-state index contributed by atoms with van der Waals surface area (Å²) in [4.78, 5) is 41.4. The minimum atomic E-state index is -0.728. The highest BCUT2D eigenvalue weighted by molar-refractivity contribution is 9.10. The maximum atomic E-state index is 13.8. The molecule has 2 heterocycles. The Morgan fingerprint density at radius 2 is 1.70 bits per heavy atom. The molecule has 0 saturated heterocycles. The van der Waals surface area contributed by atoms with Crippen molar-refractivity contribution < 1.29 is 23.5 Å². The van der Waals surface area contributed by atoms with E-state index in [-0.39, 0.29) is 23.4 Å². The predicted octanol–water partition coefficient (Wildman–Crippen LogP) is 7.44. The number of esters is 1. The third kappa shape index (κ3) is 5.41. The first-order chi connectivity index (χ1) is 19.4. The van der Waals surface area contributed by atoms with E-state index in [0.29, 0.717) is 28.8 Å².